The third kappa shape index (κ3) is 6.85. The molecule has 0 unspecified atom stereocenters. The normalized spacial score (nSPS) is 11.6. The van der Waals surface area contributed by atoms with Gasteiger partial charge in [-0.1, -0.05) is 0 Å². The molecule has 0 aromatic heterocycles. The highest BCUT2D eigenvalue weighted by atomic mass is 32.2. The van der Waals surface area contributed by atoms with Crippen LogP contribution in [0.25, 0.3) is 0 Å². The molecule has 120 valence electrons. The lowest BCUT2D eigenvalue weighted by molar-refractivity contribution is 0.0691. The van der Waals surface area contributed by atoms with E-state index in [-0.39, 0.29) is 10.6 Å². The Morgan fingerprint density at radius 2 is 2.00 bits per heavy atom. The molecule has 0 bridgehead atoms. The van der Waals surface area contributed by atoms with Crippen molar-refractivity contribution >= 4 is 15.7 Å². The van der Waals surface area contributed by atoms with Crippen molar-refractivity contribution in [2.24, 2.45) is 5.14 Å². The van der Waals surface area contributed by atoms with Gasteiger partial charge in [-0.05, 0) is 31.0 Å². The number of rotatable bonds is 10. The van der Waals surface area contributed by atoms with Gasteiger partial charge in [0.1, 0.15) is 5.82 Å². The zero-order valence-corrected chi connectivity index (χ0v) is 12.8. The summed E-state index contributed by atoms with van der Waals surface area (Å²) in [5.41, 5.74) is 0.253. The number of ether oxygens (including phenoxy) is 2. The molecule has 1 rings (SSSR count). The largest absolute Gasteiger partial charge is 0.383 e. The van der Waals surface area contributed by atoms with Crippen LogP contribution in [0.4, 0.5) is 10.1 Å². The van der Waals surface area contributed by atoms with Gasteiger partial charge in [-0.2, -0.15) is 0 Å². The molecule has 0 radical (unpaired) electrons. The number of hydrogen-bond donors (Lipinski definition) is 2. The highest BCUT2D eigenvalue weighted by molar-refractivity contribution is 7.89. The summed E-state index contributed by atoms with van der Waals surface area (Å²) in [5.74, 6) is -0.641. The molecule has 21 heavy (non-hydrogen) atoms. The Hall–Kier alpha value is -1.22. The number of halogens is 1. The first-order chi connectivity index (χ1) is 9.95. The van der Waals surface area contributed by atoms with Crippen molar-refractivity contribution in [3.63, 3.8) is 0 Å². The lowest BCUT2D eigenvalue weighted by atomic mass is 10.2. The van der Waals surface area contributed by atoms with E-state index in [1.54, 1.807) is 7.11 Å². The summed E-state index contributed by atoms with van der Waals surface area (Å²) in [6.45, 7) is 2.32. The summed E-state index contributed by atoms with van der Waals surface area (Å²) in [7, 11) is -2.26. The summed E-state index contributed by atoms with van der Waals surface area (Å²) in [6, 6.07) is 3.55. The van der Waals surface area contributed by atoms with Crippen molar-refractivity contribution < 1.29 is 22.3 Å². The molecule has 0 heterocycles. The van der Waals surface area contributed by atoms with E-state index in [2.05, 4.69) is 5.32 Å². The molecule has 0 aliphatic carbocycles. The second-order valence-corrected chi connectivity index (χ2v) is 5.99. The molecule has 1 aromatic carbocycles. The number of methoxy groups -OCH3 is 1. The van der Waals surface area contributed by atoms with E-state index in [0.29, 0.717) is 26.4 Å². The van der Waals surface area contributed by atoms with Crippen molar-refractivity contribution in [1.29, 1.82) is 0 Å². The van der Waals surface area contributed by atoms with E-state index < -0.39 is 15.8 Å². The van der Waals surface area contributed by atoms with E-state index in [4.69, 9.17) is 14.6 Å². The Labute approximate surface area is 124 Å². The molecular weight excluding hydrogens is 299 g/mol. The van der Waals surface area contributed by atoms with Crippen LogP contribution < -0.4 is 10.5 Å². The van der Waals surface area contributed by atoms with E-state index in [1.807, 2.05) is 0 Å². The maximum atomic E-state index is 13.7. The fraction of sp³-hybridized carbons (Fsp3) is 0.538. The van der Waals surface area contributed by atoms with Gasteiger partial charge in [0.05, 0.1) is 23.8 Å². The molecule has 6 nitrogen and oxygen atoms in total. The Morgan fingerprint density at radius 1 is 1.24 bits per heavy atom. The smallest absolute Gasteiger partial charge is 0.238 e. The lowest BCUT2D eigenvalue weighted by Crippen LogP contribution is -2.13. The first-order valence-corrected chi connectivity index (χ1v) is 8.12. The van der Waals surface area contributed by atoms with Gasteiger partial charge in [0.25, 0.3) is 0 Å². The first kappa shape index (κ1) is 17.8. The predicted molar refractivity (Wildman–Crippen MR) is 78.2 cm³/mol. The fourth-order valence-electron chi connectivity index (χ4n) is 1.61. The average Bonchev–Trinajstić information content (AvgIpc) is 2.42. The van der Waals surface area contributed by atoms with Crippen molar-refractivity contribution in [3.8, 4) is 0 Å². The topological polar surface area (TPSA) is 90.7 Å². The number of nitrogens with one attached hydrogen (secondary N) is 1. The predicted octanol–water partition coefficient (Wildman–Crippen LogP) is 1.33. The molecule has 0 aliphatic rings. The number of anilines is 1. The number of sulfonamides is 1. The van der Waals surface area contributed by atoms with Crippen molar-refractivity contribution in [1.82, 2.24) is 0 Å². The van der Waals surface area contributed by atoms with Crippen LogP contribution in [-0.4, -0.2) is 41.9 Å². The minimum Gasteiger partial charge on any atom is -0.383 e. The molecule has 8 heteroatoms. The molecule has 0 spiro atoms. The standard InChI is InChI=1S/C13H21FN2O4S/c1-19-8-9-20-7-3-2-6-16-13-5-4-11(10-12(13)14)21(15,17)18/h4-5,10,16H,2-3,6-9H2,1H3,(H2,15,17,18). The van der Waals surface area contributed by atoms with Crippen LogP contribution in [0, 0.1) is 5.82 Å². The van der Waals surface area contributed by atoms with Gasteiger partial charge in [-0.25, -0.2) is 17.9 Å². The maximum Gasteiger partial charge on any atom is 0.238 e. The molecule has 0 amide bonds. The van der Waals surface area contributed by atoms with Crippen LogP contribution in [0.1, 0.15) is 12.8 Å². The highest BCUT2D eigenvalue weighted by Crippen LogP contribution is 2.18. The quantitative estimate of drug-likeness (QED) is 0.635. The number of primary sulfonamides is 1. The third-order valence-electron chi connectivity index (χ3n) is 2.73. The molecule has 3 N–H and O–H groups in total. The van der Waals surface area contributed by atoms with Crippen LogP contribution in [0.3, 0.4) is 0 Å². The van der Waals surface area contributed by atoms with Crippen LogP contribution >= 0.6 is 0 Å². The Bertz CT molecular complexity index is 537. The molecule has 0 aliphatic heterocycles. The molecule has 0 fully saturated rings. The van der Waals surface area contributed by atoms with Crippen LogP contribution in [0.5, 0.6) is 0 Å². The minimum absolute atomic E-state index is 0.239. The molecule has 0 saturated carbocycles. The molecule has 0 atom stereocenters. The summed E-state index contributed by atoms with van der Waals surface area (Å²) >= 11 is 0. The van der Waals surface area contributed by atoms with E-state index >= 15 is 0 Å². The van der Waals surface area contributed by atoms with E-state index in [0.717, 1.165) is 18.9 Å². The Balaban J connectivity index is 2.30. The minimum atomic E-state index is -3.88. The van der Waals surface area contributed by atoms with E-state index in [1.165, 1.54) is 12.1 Å². The maximum absolute atomic E-state index is 13.7. The van der Waals surface area contributed by atoms with Gasteiger partial charge in [0.15, 0.2) is 0 Å². The highest BCUT2D eigenvalue weighted by Gasteiger charge is 2.11. The monoisotopic (exact) mass is 320 g/mol. The zero-order chi connectivity index (χ0) is 15.7. The summed E-state index contributed by atoms with van der Waals surface area (Å²) in [5, 5.41) is 7.83. The van der Waals surface area contributed by atoms with Crippen molar-refractivity contribution in [3.05, 3.63) is 24.0 Å². The van der Waals surface area contributed by atoms with Crippen molar-refractivity contribution in [2.45, 2.75) is 17.7 Å². The summed E-state index contributed by atoms with van der Waals surface area (Å²) in [4.78, 5) is -0.239. The molecule has 0 saturated heterocycles. The van der Waals surface area contributed by atoms with Crippen LogP contribution in [0.15, 0.2) is 23.1 Å². The van der Waals surface area contributed by atoms with Crippen LogP contribution in [-0.2, 0) is 19.5 Å². The van der Waals surface area contributed by atoms with Gasteiger partial charge in [-0.15, -0.1) is 0 Å². The Kier molecular flexibility index (Phi) is 7.58. The lowest BCUT2D eigenvalue weighted by Gasteiger charge is -2.09. The van der Waals surface area contributed by atoms with Gasteiger partial charge in [-0.3, -0.25) is 0 Å². The van der Waals surface area contributed by atoms with E-state index in [9.17, 15) is 12.8 Å². The van der Waals surface area contributed by atoms with Gasteiger partial charge < -0.3 is 14.8 Å². The van der Waals surface area contributed by atoms with Gasteiger partial charge >= 0.3 is 0 Å². The number of benzene rings is 1. The number of unbranched alkanes of at least 4 members (excludes halogenated alkanes) is 1. The average molecular weight is 320 g/mol. The first-order valence-electron chi connectivity index (χ1n) is 6.58. The summed E-state index contributed by atoms with van der Waals surface area (Å²) in [6.07, 6.45) is 1.65. The molecule has 1 aromatic rings. The second kappa shape index (κ2) is 8.93. The molecular formula is C13H21FN2O4S. The zero-order valence-electron chi connectivity index (χ0n) is 12.0. The van der Waals surface area contributed by atoms with Gasteiger partial charge in [0.2, 0.25) is 10.0 Å². The van der Waals surface area contributed by atoms with Crippen LogP contribution in [0.2, 0.25) is 0 Å². The third-order valence-corrected chi connectivity index (χ3v) is 3.64. The summed E-state index contributed by atoms with van der Waals surface area (Å²) < 4.78 is 46.0. The number of hydrogen-bond acceptors (Lipinski definition) is 5. The SMILES string of the molecule is COCCOCCCCNc1ccc(S(N)(=O)=O)cc1F. The van der Waals surface area contributed by atoms with Crippen molar-refractivity contribution in [2.75, 3.05) is 38.8 Å². The fourth-order valence-corrected chi connectivity index (χ4v) is 2.14. The second-order valence-electron chi connectivity index (χ2n) is 4.43. The Morgan fingerprint density at radius 3 is 2.62 bits per heavy atom. The number of nitrogens with two attached hydrogens (primary N) is 1. The van der Waals surface area contributed by atoms with Gasteiger partial charge in [0, 0.05) is 20.3 Å².